The normalized spacial score (nSPS) is 11.8. The Morgan fingerprint density at radius 3 is 2.47 bits per heavy atom. The average molecular weight is 295 g/mol. The summed E-state index contributed by atoms with van der Waals surface area (Å²) in [5, 5.41) is 0. The van der Waals surface area contributed by atoms with Gasteiger partial charge in [-0.3, -0.25) is 4.55 Å². The summed E-state index contributed by atoms with van der Waals surface area (Å²) in [5.74, 6) is 0.134. The lowest BCUT2D eigenvalue weighted by Gasteiger charge is -2.14. The Kier molecular flexibility index (Phi) is 3.75. The molecule has 0 bridgehead atoms. The second-order valence-electron chi connectivity index (χ2n) is 3.21. The molecule has 6 heteroatoms. The molecule has 0 aliphatic heterocycles. The zero-order valence-corrected chi connectivity index (χ0v) is 10.7. The van der Waals surface area contributed by atoms with Crippen LogP contribution in [0.3, 0.4) is 0 Å². The van der Waals surface area contributed by atoms with Crippen molar-refractivity contribution in [1.82, 2.24) is 0 Å². The first-order valence-electron chi connectivity index (χ1n) is 4.25. The first kappa shape index (κ1) is 12.5. The van der Waals surface area contributed by atoms with E-state index < -0.39 is 10.1 Å². The fraction of sp³-hybridized carbons (Fsp3) is 0.333. The molecule has 0 aliphatic carbocycles. The largest absolute Gasteiger partial charge is 0.488 e. The van der Waals surface area contributed by atoms with Gasteiger partial charge in [-0.1, -0.05) is 6.07 Å². The minimum absolute atomic E-state index is 0.134. The van der Waals surface area contributed by atoms with Gasteiger partial charge in [0.25, 0.3) is 10.1 Å². The molecule has 1 N–H and O–H groups in total. The minimum Gasteiger partial charge on any atom is -0.488 e. The quantitative estimate of drug-likeness (QED) is 0.870. The van der Waals surface area contributed by atoms with Crippen molar-refractivity contribution in [3.05, 3.63) is 22.7 Å². The van der Waals surface area contributed by atoms with Crippen molar-refractivity contribution in [3.8, 4) is 5.75 Å². The lowest BCUT2D eigenvalue weighted by Crippen LogP contribution is -2.10. The maximum Gasteiger partial charge on any atom is 0.298 e. The number of benzene rings is 1. The van der Waals surface area contributed by atoms with Crippen LogP contribution in [0.4, 0.5) is 0 Å². The lowest BCUT2D eigenvalue weighted by molar-refractivity contribution is 0.233. The SMILES string of the molecule is CC(C)Oc1c(Br)cccc1S(=O)(=O)O. The molecule has 0 unspecified atom stereocenters. The van der Waals surface area contributed by atoms with Crippen LogP contribution in [0, 0.1) is 0 Å². The summed E-state index contributed by atoms with van der Waals surface area (Å²) in [4.78, 5) is -0.231. The highest BCUT2D eigenvalue weighted by molar-refractivity contribution is 9.10. The van der Waals surface area contributed by atoms with E-state index in [1.54, 1.807) is 19.9 Å². The second kappa shape index (κ2) is 4.51. The molecule has 1 rings (SSSR count). The third-order valence-electron chi connectivity index (χ3n) is 1.56. The number of rotatable bonds is 3. The van der Waals surface area contributed by atoms with Crippen molar-refractivity contribution in [2.45, 2.75) is 24.8 Å². The summed E-state index contributed by atoms with van der Waals surface area (Å²) in [5.41, 5.74) is 0. The van der Waals surface area contributed by atoms with Gasteiger partial charge < -0.3 is 4.74 Å². The third kappa shape index (κ3) is 3.19. The molecular weight excluding hydrogens is 284 g/mol. The number of halogens is 1. The Hall–Kier alpha value is -0.590. The number of para-hydroxylation sites is 1. The van der Waals surface area contributed by atoms with Gasteiger partial charge in [-0.05, 0) is 41.9 Å². The smallest absolute Gasteiger partial charge is 0.298 e. The highest BCUT2D eigenvalue weighted by atomic mass is 79.9. The predicted octanol–water partition coefficient (Wildman–Crippen LogP) is 2.48. The molecule has 4 nitrogen and oxygen atoms in total. The summed E-state index contributed by atoms with van der Waals surface area (Å²) in [6, 6.07) is 4.45. The van der Waals surface area contributed by atoms with Crippen LogP contribution in [0.25, 0.3) is 0 Å². The molecule has 84 valence electrons. The summed E-state index contributed by atoms with van der Waals surface area (Å²) in [6.07, 6.45) is -0.177. The predicted molar refractivity (Wildman–Crippen MR) is 59.7 cm³/mol. The van der Waals surface area contributed by atoms with E-state index in [1.807, 2.05) is 0 Å². The van der Waals surface area contributed by atoms with Crippen LogP contribution in [-0.2, 0) is 10.1 Å². The molecule has 15 heavy (non-hydrogen) atoms. The zero-order valence-electron chi connectivity index (χ0n) is 8.27. The fourth-order valence-corrected chi connectivity index (χ4v) is 2.28. The molecule has 0 fully saturated rings. The first-order chi connectivity index (χ1) is 6.82. The summed E-state index contributed by atoms with van der Waals surface area (Å²) >= 11 is 3.17. The topological polar surface area (TPSA) is 63.6 Å². The Morgan fingerprint density at radius 2 is 2.00 bits per heavy atom. The van der Waals surface area contributed by atoms with E-state index in [0.717, 1.165) is 0 Å². The Labute approximate surface area is 97.1 Å². The monoisotopic (exact) mass is 294 g/mol. The van der Waals surface area contributed by atoms with E-state index in [9.17, 15) is 8.42 Å². The number of hydrogen-bond acceptors (Lipinski definition) is 3. The van der Waals surface area contributed by atoms with E-state index in [0.29, 0.717) is 4.47 Å². The minimum atomic E-state index is -4.26. The van der Waals surface area contributed by atoms with Crippen LogP contribution in [0.15, 0.2) is 27.6 Å². The Morgan fingerprint density at radius 1 is 1.40 bits per heavy atom. The average Bonchev–Trinajstić information content (AvgIpc) is 2.05. The maximum atomic E-state index is 11.0. The van der Waals surface area contributed by atoms with Gasteiger partial charge in [-0.2, -0.15) is 8.42 Å². The Bertz CT molecular complexity index is 453. The van der Waals surface area contributed by atoms with Gasteiger partial charge in [0, 0.05) is 0 Å². The second-order valence-corrected chi connectivity index (χ2v) is 5.45. The zero-order chi connectivity index (χ0) is 11.6. The van der Waals surface area contributed by atoms with Gasteiger partial charge in [0.05, 0.1) is 10.6 Å². The molecule has 0 amide bonds. The van der Waals surface area contributed by atoms with Crippen molar-refractivity contribution in [3.63, 3.8) is 0 Å². The molecule has 0 aliphatic rings. The first-order valence-corrected chi connectivity index (χ1v) is 6.48. The molecule has 0 heterocycles. The van der Waals surface area contributed by atoms with E-state index in [2.05, 4.69) is 15.9 Å². The molecule has 1 aromatic carbocycles. The molecule has 1 aromatic rings. The highest BCUT2D eigenvalue weighted by Gasteiger charge is 2.19. The van der Waals surface area contributed by atoms with Crippen LogP contribution in [0.1, 0.15) is 13.8 Å². The third-order valence-corrected chi connectivity index (χ3v) is 3.06. The maximum absolute atomic E-state index is 11.0. The van der Waals surface area contributed by atoms with Crippen LogP contribution in [0.5, 0.6) is 5.75 Å². The van der Waals surface area contributed by atoms with Crippen molar-refractivity contribution in [2.75, 3.05) is 0 Å². The van der Waals surface area contributed by atoms with E-state index in [4.69, 9.17) is 9.29 Å². The van der Waals surface area contributed by atoms with Gasteiger partial charge in [0.2, 0.25) is 0 Å². The van der Waals surface area contributed by atoms with Crippen LogP contribution in [0.2, 0.25) is 0 Å². The van der Waals surface area contributed by atoms with Crippen LogP contribution >= 0.6 is 15.9 Å². The van der Waals surface area contributed by atoms with Gasteiger partial charge in [0.15, 0.2) is 5.75 Å². The van der Waals surface area contributed by atoms with Crippen LogP contribution in [-0.4, -0.2) is 19.1 Å². The number of hydrogen-bond donors (Lipinski definition) is 1. The highest BCUT2D eigenvalue weighted by Crippen LogP contribution is 2.32. The van der Waals surface area contributed by atoms with Crippen LogP contribution < -0.4 is 4.74 Å². The summed E-state index contributed by atoms with van der Waals surface area (Å²) in [7, 11) is -4.26. The van der Waals surface area contributed by atoms with Crippen molar-refractivity contribution >= 4 is 26.0 Å². The molecule has 0 aromatic heterocycles. The van der Waals surface area contributed by atoms with E-state index >= 15 is 0 Å². The van der Waals surface area contributed by atoms with Crippen molar-refractivity contribution < 1.29 is 17.7 Å². The van der Waals surface area contributed by atoms with E-state index in [1.165, 1.54) is 12.1 Å². The molecule has 0 saturated heterocycles. The van der Waals surface area contributed by atoms with Crippen molar-refractivity contribution in [1.29, 1.82) is 0 Å². The van der Waals surface area contributed by atoms with Gasteiger partial charge in [-0.15, -0.1) is 0 Å². The van der Waals surface area contributed by atoms with E-state index in [-0.39, 0.29) is 16.7 Å². The van der Waals surface area contributed by atoms with Crippen molar-refractivity contribution in [2.24, 2.45) is 0 Å². The molecule has 0 spiro atoms. The Balaban J connectivity index is 3.33. The standard InChI is InChI=1S/C9H11BrO4S/c1-6(2)14-9-7(10)4-3-5-8(9)15(11,12)13/h3-6H,1-2H3,(H,11,12,13). The molecule has 0 radical (unpaired) electrons. The van der Waals surface area contributed by atoms with Gasteiger partial charge >= 0.3 is 0 Å². The molecular formula is C9H11BrO4S. The number of ether oxygens (including phenoxy) is 1. The summed E-state index contributed by atoms with van der Waals surface area (Å²) in [6.45, 7) is 3.54. The lowest BCUT2D eigenvalue weighted by atomic mass is 10.3. The summed E-state index contributed by atoms with van der Waals surface area (Å²) < 4.78 is 36.9. The molecule has 0 atom stereocenters. The van der Waals surface area contributed by atoms with Gasteiger partial charge in [0.1, 0.15) is 4.90 Å². The fourth-order valence-electron chi connectivity index (χ4n) is 1.04. The van der Waals surface area contributed by atoms with Gasteiger partial charge in [-0.25, -0.2) is 0 Å². The molecule has 0 saturated carbocycles.